The van der Waals surface area contributed by atoms with Crippen LogP contribution in [0.5, 0.6) is 0 Å². The number of H-pyrrole nitrogens is 1. The highest BCUT2D eigenvalue weighted by atomic mass is 32.2. The summed E-state index contributed by atoms with van der Waals surface area (Å²) < 4.78 is 0. The number of fused-ring (bicyclic) bond motifs is 1. The number of hydrogen-bond acceptors (Lipinski definition) is 4. The summed E-state index contributed by atoms with van der Waals surface area (Å²) in [5.41, 5.74) is 1.61. The van der Waals surface area contributed by atoms with Crippen LogP contribution in [0.3, 0.4) is 0 Å². The van der Waals surface area contributed by atoms with Crippen LogP contribution in [0.4, 0.5) is 4.79 Å². The van der Waals surface area contributed by atoms with Crippen molar-refractivity contribution in [3.63, 3.8) is 0 Å². The van der Waals surface area contributed by atoms with E-state index in [4.69, 9.17) is 0 Å². The van der Waals surface area contributed by atoms with Gasteiger partial charge in [0, 0.05) is 35.8 Å². The van der Waals surface area contributed by atoms with Crippen LogP contribution in [0.25, 0.3) is 10.9 Å². The Labute approximate surface area is 130 Å². The van der Waals surface area contributed by atoms with Crippen molar-refractivity contribution in [3.8, 4) is 0 Å². The molecule has 0 aliphatic carbocycles. The molecule has 0 bridgehead atoms. The number of thioether (sulfide) groups is 1. The molecule has 3 heterocycles. The summed E-state index contributed by atoms with van der Waals surface area (Å²) in [6.45, 7) is 0.837. The molecule has 112 valence electrons. The molecule has 22 heavy (non-hydrogen) atoms. The van der Waals surface area contributed by atoms with Crippen LogP contribution >= 0.6 is 11.8 Å². The predicted molar refractivity (Wildman–Crippen MR) is 82.7 cm³/mol. The summed E-state index contributed by atoms with van der Waals surface area (Å²) in [4.78, 5) is 41.8. The molecule has 1 N–H and O–H groups in total. The molecule has 2 saturated heterocycles. The number of nitrogens with one attached hydrogen (secondary N) is 1. The summed E-state index contributed by atoms with van der Waals surface area (Å²) >= 11 is 1.03. The molecule has 2 aromatic rings. The Morgan fingerprint density at radius 3 is 2.77 bits per heavy atom. The number of carbonyl (C=O) groups excluding carboxylic acids is 3. The summed E-state index contributed by atoms with van der Waals surface area (Å²) in [5, 5.41) is 0.792. The Morgan fingerprint density at radius 1 is 1.23 bits per heavy atom. The first-order valence-electron chi connectivity index (χ1n) is 6.99. The molecule has 3 amide bonds. The summed E-state index contributed by atoms with van der Waals surface area (Å²) in [7, 11) is 0. The van der Waals surface area contributed by atoms with E-state index < -0.39 is 0 Å². The standard InChI is InChI=1S/C15H13N3O3S/c19-13-8-22-15(21)18(13)11-6-17(7-11)14(20)10-1-2-12-9(5-10)3-4-16-12/h1-5,11,16H,6-8H2. The van der Waals surface area contributed by atoms with E-state index in [1.165, 1.54) is 4.90 Å². The van der Waals surface area contributed by atoms with E-state index in [-0.39, 0.29) is 28.8 Å². The molecule has 0 atom stereocenters. The summed E-state index contributed by atoms with van der Waals surface area (Å²) in [6, 6.07) is 7.27. The van der Waals surface area contributed by atoms with Crippen molar-refractivity contribution in [2.75, 3.05) is 18.8 Å². The molecule has 0 saturated carbocycles. The normalized spacial score (nSPS) is 19.1. The highest BCUT2D eigenvalue weighted by molar-refractivity contribution is 8.14. The van der Waals surface area contributed by atoms with Gasteiger partial charge in [-0.25, -0.2) is 0 Å². The van der Waals surface area contributed by atoms with Gasteiger partial charge >= 0.3 is 0 Å². The number of rotatable bonds is 2. The average Bonchev–Trinajstić information content (AvgIpc) is 3.05. The highest BCUT2D eigenvalue weighted by Gasteiger charge is 2.43. The average molecular weight is 315 g/mol. The highest BCUT2D eigenvalue weighted by Crippen LogP contribution is 2.27. The molecular formula is C15H13N3O3S. The lowest BCUT2D eigenvalue weighted by molar-refractivity contribution is -0.128. The van der Waals surface area contributed by atoms with Crippen LogP contribution in [-0.4, -0.2) is 56.7 Å². The molecule has 0 unspecified atom stereocenters. The third kappa shape index (κ3) is 2.00. The van der Waals surface area contributed by atoms with E-state index in [2.05, 4.69) is 4.98 Å². The second kappa shape index (κ2) is 4.88. The number of amides is 3. The molecule has 7 heteroatoms. The lowest BCUT2D eigenvalue weighted by Gasteiger charge is -2.42. The van der Waals surface area contributed by atoms with E-state index in [0.29, 0.717) is 18.7 Å². The van der Waals surface area contributed by atoms with Gasteiger partial charge in [0.05, 0.1) is 11.8 Å². The van der Waals surface area contributed by atoms with Crippen LogP contribution < -0.4 is 0 Å². The quantitative estimate of drug-likeness (QED) is 0.915. The van der Waals surface area contributed by atoms with Gasteiger partial charge in [-0.05, 0) is 24.3 Å². The van der Waals surface area contributed by atoms with Crippen LogP contribution in [0.2, 0.25) is 0 Å². The first-order valence-corrected chi connectivity index (χ1v) is 7.97. The first kappa shape index (κ1) is 13.4. The fourth-order valence-electron chi connectivity index (χ4n) is 2.87. The largest absolute Gasteiger partial charge is 0.361 e. The molecule has 2 fully saturated rings. The second-order valence-electron chi connectivity index (χ2n) is 5.46. The monoisotopic (exact) mass is 315 g/mol. The van der Waals surface area contributed by atoms with Crippen molar-refractivity contribution in [3.05, 3.63) is 36.0 Å². The Kier molecular flexibility index (Phi) is 2.97. The lowest BCUT2D eigenvalue weighted by Crippen LogP contribution is -2.62. The predicted octanol–water partition coefficient (Wildman–Crippen LogP) is 1.69. The van der Waals surface area contributed by atoms with E-state index in [1.807, 2.05) is 24.4 Å². The molecule has 0 radical (unpaired) electrons. The first-order chi connectivity index (χ1) is 10.6. The van der Waals surface area contributed by atoms with Gasteiger partial charge in [-0.15, -0.1) is 0 Å². The molecule has 6 nitrogen and oxygen atoms in total. The van der Waals surface area contributed by atoms with E-state index in [9.17, 15) is 14.4 Å². The van der Waals surface area contributed by atoms with Gasteiger partial charge in [0.2, 0.25) is 5.91 Å². The van der Waals surface area contributed by atoms with Crippen LogP contribution in [-0.2, 0) is 4.79 Å². The summed E-state index contributed by atoms with van der Waals surface area (Å²) in [5.74, 6) is -0.0000861. The third-order valence-corrected chi connectivity index (χ3v) is 4.93. The Morgan fingerprint density at radius 2 is 2.05 bits per heavy atom. The van der Waals surface area contributed by atoms with Gasteiger partial charge in [-0.2, -0.15) is 0 Å². The number of hydrogen-bond donors (Lipinski definition) is 1. The van der Waals surface area contributed by atoms with Crippen molar-refractivity contribution in [2.45, 2.75) is 6.04 Å². The zero-order valence-electron chi connectivity index (χ0n) is 11.6. The van der Waals surface area contributed by atoms with Crippen molar-refractivity contribution in [1.82, 2.24) is 14.8 Å². The van der Waals surface area contributed by atoms with Gasteiger partial charge in [0.25, 0.3) is 11.1 Å². The van der Waals surface area contributed by atoms with Gasteiger partial charge in [-0.1, -0.05) is 11.8 Å². The lowest BCUT2D eigenvalue weighted by atomic mass is 10.0. The molecule has 0 spiro atoms. The van der Waals surface area contributed by atoms with Crippen molar-refractivity contribution in [1.29, 1.82) is 0 Å². The number of carbonyl (C=O) groups is 3. The van der Waals surface area contributed by atoms with Gasteiger partial charge in [0.1, 0.15) is 0 Å². The van der Waals surface area contributed by atoms with Crippen molar-refractivity contribution in [2.24, 2.45) is 0 Å². The SMILES string of the molecule is O=C(c1ccc2[nH]ccc2c1)N1CC(N2C(=O)CSC2=O)C1. The number of aromatic nitrogens is 1. The topological polar surface area (TPSA) is 73.5 Å². The minimum atomic E-state index is -0.198. The fourth-order valence-corrected chi connectivity index (χ4v) is 3.65. The number of likely N-dealkylation sites (tertiary alicyclic amines) is 1. The molecular weight excluding hydrogens is 302 g/mol. The number of nitrogens with zero attached hydrogens (tertiary/aromatic N) is 2. The maximum atomic E-state index is 12.4. The van der Waals surface area contributed by atoms with Gasteiger partial charge in [0.15, 0.2) is 0 Å². The molecule has 1 aromatic carbocycles. The third-order valence-electron chi connectivity index (χ3n) is 4.10. The van der Waals surface area contributed by atoms with Gasteiger partial charge in [-0.3, -0.25) is 19.3 Å². The Hall–Kier alpha value is -2.28. The van der Waals surface area contributed by atoms with Gasteiger partial charge < -0.3 is 9.88 Å². The van der Waals surface area contributed by atoms with Crippen LogP contribution in [0.15, 0.2) is 30.5 Å². The maximum Gasteiger partial charge on any atom is 0.289 e. The van der Waals surface area contributed by atoms with E-state index in [1.54, 1.807) is 11.0 Å². The Bertz CT molecular complexity index is 778. The maximum absolute atomic E-state index is 12.4. The minimum absolute atomic E-state index is 0.0638. The zero-order chi connectivity index (χ0) is 15.3. The second-order valence-corrected chi connectivity index (χ2v) is 6.39. The van der Waals surface area contributed by atoms with E-state index >= 15 is 0 Å². The summed E-state index contributed by atoms with van der Waals surface area (Å²) in [6.07, 6.45) is 1.83. The zero-order valence-corrected chi connectivity index (χ0v) is 12.4. The smallest absolute Gasteiger partial charge is 0.289 e. The Balaban J connectivity index is 1.47. The minimum Gasteiger partial charge on any atom is -0.361 e. The van der Waals surface area contributed by atoms with Crippen LogP contribution in [0.1, 0.15) is 10.4 Å². The fraction of sp³-hybridized carbons (Fsp3) is 0.267. The number of aromatic amines is 1. The molecule has 2 aliphatic rings. The number of imide groups is 1. The van der Waals surface area contributed by atoms with Crippen molar-refractivity contribution >= 4 is 39.7 Å². The molecule has 4 rings (SSSR count). The van der Waals surface area contributed by atoms with Crippen molar-refractivity contribution < 1.29 is 14.4 Å². The van der Waals surface area contributed by atoms with Crippen LogP contribution in [0, 0.1) is 0 Å². The number of benzene rings is 1. The molecule has 2 aliphatic heterocycles. The van der Waals surface area contributed by atoms with E-state index in [0.717, 1.165) is 22.7 Å². The molecule has 1 aromatic heterocycles.